The van der Waals surface area contributed by atoms with Crippen LogP contribution in [0.3, 0.4) is 0 Å². The number of hydrogen-bond donors (Lipinski definition) is 0. The van der Waals surface area contributed by atoms with Gasteiger partial charge < -0.3 is 0 Å². The van der Waals surface area contributed by atoms with Gasteiger partial charge in [-0.2, -0.15) is 0 Å². The van der Waals surface area contributed by atoms with Gasteiger partial charge in [-0.25, -0.2) is 8.42 Å². The summed E-state index contributed by atoms with van der Waals surface area (Å²) >= 11 is 6.07. The lowest BCUT2D eigenvalue weighted by atomic mass is 10.00. The maximum Gasteiger partial charge on any atom is 0.181 e. The number of ketones is 1. The molecule has 0 N–H and O–H groups in total. The van der Waals surface area contributed by atoms with E-state index in [1.54, 1.807) is 30.3 Å². The highest BCUT2D eigenvalue weighted by molar-refractivity contribution is 7.92. The predicted octanol–water partition coefficient (Wildman–Crippen LogP) is 3.11. The fourth-order valence-electron chi connectivity index (χ4n) is 1.89. The summed E-state index contributed by atoms with van der Waals surface area (Å²) < 4.78 is 23.0. The van der Waals surface area contributed by atoms with Crippen molar-refractivity contribution >= 4 is 38.0 Å². The average molecular weight is 297 g/mol. The van der Waals surface area contributed by atoms with E-state index in [9.17, 15) is 13.2 Å². The lowest BCUT2D eigenvalue weighted by Crippen LogP contribution is -2.26. The Balaban J connectivity index is 2.65. The number of rotatable bonds is 3. The Morgan fingerprint density at radius 2 is 1.68 bits per heavy atom. The molecule has 0 saturated carbocycles. The summed E-state index contributed by atoms with van der Waals surface area (Å²) in [7, 11) is -3.41. The van der Waals surface area contributed by atoms with Gasteiger partial charge in [0.1, 0.15) is 5.25 Å². The van der Waals surface area contributed by atoms with Gasteiger partial charge in [0.2, 0.25) is 0 Å². The molecule has 0 aliphatic carbocycles. The largest absolute Gasteiger partial charge is 0.293 e. The Kier molecular flexibility index (Phi) is 3.65. The van der Waals surface area contributed by atoms with E-state index < -0.39 is 20.9 Å². The van der Waals surface area contributed by atoms with Gasteiger partial charge in [-0.05, 0) is 24.4 Å². The van der Waals surface area contributed by atoms with Crippen molar-refractivity contribution in [2.24, 2.45) is 0 Å². The van der Waals surface area contributed by atoms with Gasteiger partial charge >= 0.3 is 0 Å². The van der Waals surface area contributed by atoms with E-state index in [1.807, 2.05) is 6.07 Å². The first-order valence-electron chi connectivity index (χ1n) is 5.72. The van der Waals surface area contributed by atoms with Crippen LogP contribution in [0.2, 0.25) is 5.02 Å². The minimum Gasteiger partial charge on any atom is -0.293 e. The molecule has 0 fully saturated rings. The minimum absolute atomic E-state index is 0.387. The minimum atomic E-state index is -3.41. The quantitative estimate of drug-likeness (QED) is 0.818. The van der Waals surface area contributed by atoms with Crippen LogP contribution in [0.15, 0.2) is 36.4 Å². The van der Waals surface area contributed by atoms with E-state index in [1.165, 1.54) is 6.92 Å². The number of carbonyl (C=O) groups is 1. The van der Waals surface area contributed by atoms with Crippen LogP contribution in [0, 0.1) is 0 Å². The number of carbonyl (C=O) groups excluding carboxylic acids is 1. The van der Waals surface area contributed by atoms with E-state index in [-0.39, 0.29) is 0 Å². The third kappa shape index (κ3) is 2.65. The first-order valence-corrected chi connectivity index (χ1v) is 8.06. The first kappa shape index (κ1) is 14.0. The summed E-state index contributed by atoms with van der Waals surface area (Å²) in [6.45, 7) is 1.40. The summed E-state index contributed by atoms with van der Waals surface area (Å²) in [6, 6.07) is 10.4. The Hall–Kier alpha value is -1.39. The summed E-state index contributed by atoms with van der Waals surface area (Å²) in [5.41, 5.74) is 0.387. The van der Waals surface area contributed by atoms with E-state index in [0.29, 0.717) is 16.0 Å². The molecule has 2 aromatic rings. The second-order valence-electron chi connectivity index (χ2n) is 4.48. The fourth-order valence-corrected chi connectivity index (χ4v) is 2.63. The highest BCUT2D eigenvalue weighted by atomic mass is 35.5. The van der Waals surface area contributed by atoms with Crippen LogP contribution in [0.4, 0.5) is 0 Å². The van der Waals surface area contributed by atoms with Gasteiger partial charge in [0.15, 0.2) is 15.6 Å². The number of hydrogen-bond acceptors (Lipinski definition) is 3. The van der Waals surface area contributed by atoms with E-state index in [2.05, 4.69) is 0 Å². The van der Waals surface area contributed by atoms with Crippen LogP contribution >= 0.6 is 11.6 Å². The molecule has 1 unspecified atom stereocenters. The Bertz CT molecular complexity index is 750. The fraction of sp³-hybridized carbons (Fsp3) is 0.214. The van der Waals surface area contributed by atoms with Gasteiger partial charge in [-0.15, -0.1) is 0 Å². The molecule has 1 atom stereocenters. The zero-order valence-electron chi connectivity index (χ0n) is 10.6. The standard InChI is InChI=1S/C14H13ClO3S/c1-9(19(2,17)18)14(16)12-7-8-13(15)11-6-4-3-5-10(11)12/h3-9H,1-2H3. The normalized spacial score (nSPS) is 13.4. The van der Waals surface area contributed by atoms with Crippen LogP contribution in [0.25, 0.3) is 10.8 Å². The number of Topliss-reactive ketones (excluding diaryl/α,β-unsaturated/α-hetero) is 1. The topological polar surface area (TPSA) is 51.2 Å². The van der Waals surface area contributed by atoms with Crippen LogP contribution in [-0.2, 0) is 9.84 Å². The third-order valence-corrected chi connectivity index (χ3v) is 4.98. The second-order valence-corrected chi connectivity index (χ2v) is 7.25. The van der Waals surface area contributed by atoms with Crippen molar-refractivity contribution in [3.8, 4) is 0 Å². The molecule has 100 valence electrons. The summed E-state index contributed by atoms with van der Waals surface area (Å²) in [6.07, 6.45) is 1.06. The van der Waals surface area contributed by atoms with Crippen molar-refractivity contribution in [1.29, 1.82) is 0 Å². The molecule has 0 heterocycles. The Morgan fingerprint density at radius 1 is 1.11 bits per heavy atom. The number of halogens is 1. The maximum atomic E-state index is 12.3. The summed E-state index contributed by atoms with van der Waals surface area (Å²) in [4.78, 5) is 12.3. The number of fused-ring (bicyclic) bond motifs is 1. The highest BCUT2D eigenvalue weighted by Crippen LogP contribution is 2.27. The van der Waals surface area contributed by atoms with Crippen molar-refractivity contribution in [2.45, 2.75) is 12.2 Å². The lowest BCUT2D eigenvalue weighted by molar-refractivity contribution is 0.0993. The van der Waals surface area contributed by atoms with Crippen molar-refractivity contribution < 1.29 is 13.2 Å². The van der Waals surface area contributed by atoms with Crippen molar-refractivity contribution in [1.82, 2.24) is 0 Å². The highest BCUT2D eigenvalue weighted by Gasteiger charge is 2.26. The predicted molar refractivity (Wildman–Crippen MR) is 77.6 cm³/mol. The van der Waals surface area contributed by atoms with Crippen LogP contribution in [-0.4, -0.2) is 25.7 Å². The Labute approximate surface area is 117 Å². The Morgan fingerprint density at radius 3 is 2.26 bits per heavy atom. The third-order valence-electron chi connectivity index (χ3n) is 3.15. The lowest BCUT2D eigenvalue weighted by Gasteiger charge is -2.11. The monoisotopic (exact) mass is 296 g/mol. The molecule has 19 heavy (non-hydrogen) atoms. The molecule has 0 radical (unpaired) electrons. The maximum absolute atomic E-state index is 12.3. The number of sulfone groups is 1. The SMILES string of the molecule is CC(C(=O)c1ccc(Cl)c2ccccc12)S(C)(=O)=O. The van der Waals surface area contributed by atoms with Gasteiger partial charge in [0, 0.05) is 22.2 Å². The van der Waals surface area contributed by atoms with Gasteiger partial charge in [0.05, 0.1) is 0 Å². The van der Waals surface area contributed by atoms with E-state index >= 15 is 0 Å². The van der Waals surface area contributed by atoms with Crippen molar-refractivity contribution in [3.05, 3.63) is 47.0 Å². The first-order chi connectivity index (χ1) is 8.82. The van der Waals surface area contributed by atoms with E-state index in [4.69, 9.17) is 11.6 Å². The van der Waals surface area contributed by atoms with Crippen LogP contribution in [0.5, 0.6) is 0 Å². The van der Waals surface area contributed by atoms with Gasteiger partial charge in [-0.1, -0.05) is 35.9 Å². The summed E-state index contributed by atoms with van der Waals surface area (Å²) in [5.74, 6) is -0.407. The zero-order valence-corrected chi connectivity index (χ0v) is 12.1. The molecule has 0 aliphatic heterocycles. The second kappa shape index (κ2) is 4.94. The molecule has 2 rings (SSSR count). The molecule has 2 aromatic carbocycles. The molecular formula is C14H13ClO3S. The molecule has 5 heteroatoms. The smallest absolute Gasteiger partial charge is 0.181 e. The molecule has 0 aliphatic rings. The zero-order chi connectivity index (χ0) is 14.2. The molecule has 0 spiro atoms. The van der Waals surface area contributed by atoms with E-state index in [0.717, 1.165) is 11.6 Å². The van der Waals surface area contributed by atoms with Crippen LogP contribution < -0.4 is 0 Å². The molecule has 0 saturated heterocycles. The van der Waals surface area contributed by atoms with Gasteiger partial charge in [0.25, 0.3) is 0 Å². The molecule has 3 nitrogen and oxygen atoms in total. The summed E-state index contributed by atoms with van der Waals surface area (Å²) in [5, 5.41) is 0.905. The molecule has 0 amide bonds. The van der Waals surface area contributed by atoms with Crippen molar-refractivity contribution in [3.63, 3.8) is 0 Å². The molecule has 0 aromatic heterocycles. The van der Waals surface area contributed by atoms with Crippen molar-refractivity contribution in [2.75, 3.05) is 6.26 Å². The average Bonchev–Trinajstić information content (AvgIpc) is 2.37. The molecule has 0 bridgehead atoms. The molecular weight excluding hydrogens is 284 g/mol. The van der Waals surface area contributed by atoms with Crippen LogP contribution in [0.1, 0.15) is 17.3 Å². The van der Waals surface area contributed by atoms with Gasteiger partial charge in [-0.3, -0.25) is 4.79 Å². The number of benzene rings is 2.